The zero-order chi connectivity index (χ0) is 24.5. The Morgan fingerprint density at radius 1 is 0.914 bits per heavy atom. The van der Waals surface area contributed by atoms with Gasteiger partial charge in [0.05, 0.1) is 10.6 Å². The summed E-state index contributed by atoms with van der Waals surface area (Å²) in [7, 11) is 0. The molecule has 5 rings (SSSR count). The maximum atomic E-state index is 14.1. The lowest BCUT2D eigenvalue weighted by Crippen LogP contribution is -2.16. The molecule has 0 spiro atoms. The summed E-state index contributed by atoms with van der Waals surface area (Å²) in [5.41, 5.74) is 4.55. The highest BCUT2D eigenvalue weighted by molar-refractivity contribution is 7.14. The average Bonchev–Trinajstić information content (AvgIpc) is 3.62. The lowest BCUT2D eigenvalue weighted by molar-refractivity contribution is 0.119. The van der Waals surface area contributed by atoms with Crippen LogP contribution in [0.15, 0.2) is 72.8 Å². The highest BCUT2D eigenvalue weighted by atomic mass is 32.1. The molecule has 0 bridgehead atoms. The number of ether oxygens (including phenoxy) is 1. The van der Waals surface area contributed by atoms with E-state index in [0.29, 0.717) is 10.8 Å². The molecule has 1 heterocycles. The molecule has 35 heavy (non-hydrogen) atoms. The molecule has 1 aliphatic carbocycles. The minimum Gasteiger partial charge on any atom is -0.441 e. The maximum absolute atomic E-state index is 14.1. The topological polar surface area (TPSA) is 38.3 Å². The molecule has 0 aliphatic heterocycles. The Morgan fingerprint density at radius 3 is 2.17 bits per heavy atom. The third-order valence-electron chi connectivity index (χ3n) is 6.06. The second-order valence-electron chi connectivity index (χ2n) is 8.61. The van der Waals surface area contributed by atoms with Gasteiger partial charge in [0.2, 0.25) is 0 Å². The first-order chi connectivity index (χ1) is 16.9. The van der Waals surface area contributed by atoms with E-state index in [-0.39, 0.29) is 11.3 Å². The highest BCUT2D eigenvalue weighted by Crippen LogP contribution is 2.41. The molecule has 4 aromatic rings. The Morgan fingerprint density at radius 2 is 1.54 bits per heavy atom. The minimum absolute atomic E-state index is 0.0408. The van der Waals surface area contributed by atoms with Crippen LogP contribution in [-0.4, -0.2) is 6.09 Å². The Bertz CT molecular complexity index is 1360. The molecule has 1 amide bonds. The molecule has 1 N–H and O–H groups in total. The van der Waals surface area contributed by atoms with Crippen molar-refractivity contribution in [1.29, 1.82) is 0 Å². The molecule has 0 radical (unpaired) electrons. The van der Waals surface area contributed by atoms with Crippen molar-refractivity contribution in [2.45, 2.75) is 31.8 Å². The first-order valence-electron chi connectivity index (χ1n) is 11.3. The van der Waals surface area contributed by atoms with Gasteiger partial charge in [-0.1, -0.05) is 48.5 Å². The number of benzene rings is 3. The molecule has 1 fully saturated rings. The zero-order valence-electron chi connectivity index (χ0n) is 18.9. The van der Waals surface area contributed by atoms with E-state index in [4.69, 9.17) is 4.74 Å². The van der Waals surface area contributed by atoms with Crippen molar-refractivity contribution in [3.63, 3.8) is 0 Å². The predicted octanol–water partition coefficient (Wildman–Crippen LogP) is 8.69. The standard InChI is InChI=1S/C28H22F3NO2S/c1-16(23-13-12-22(29)14-24(23)30)34-28(33)32-25-15-26(31)35-27(25)21-10-8-20(9-11-21)19-6-4-18(5-7-19)17-2-3-17/h4-17H,2-3H2,1H3,(H,32,33). The first-order valence-corrected chi connectivity index (χ1v) is 12.1. The molecule has 178 valence electrons. The first kappa shape index (κ1) is 23.2. The number of halogens is 3. The van der Waals surface area contributed by atoms with Crippen molar-refractivity contribution in [2.24, 2.45) is 0 Å². The molecular weight excluding hydrogens is 471 g/mol. The number of rotatable bonds is 6. The van der Waals surface area contributed by atoms with E-state index in [2.05, 4.69) is 29.6 Å². The number of nitrogens with one attached hydrogen (secondary N) is 1. The Balaban J connectivity index is 1.29. The molecule has 3 nitrogen and oxygen atoms in total. The Labute approximate surface area is 205 Å². The number of amides is 1. The van der Waals surface area contributed by atoms with Crippen LogP contribution >= 0.6 is 11.3 Å². The van der Waals surface area contributed by atoms with Gasteiger partial charge in [0, 0.05) is 17.7 Å². The number of hydrogen-bond donors (Lipinski definition) is 1. The van der Waals surface area contributed by atoms with E-state index in [1.54, 1.807) is 0 Å². The largest absolute Gasteiger partial charge is 0.441 e. The fourth-order valence-electron chi connectivity index (χ4n) is 4.04. The Hall–Kier alpha value is -3.58. The maximum Gasteiger partial charge on any atom is 0.412 e. The van der Waals surface area contributed by atoms with Crippen LogP contribution in [0.4, 0.5) is 23.7 Å². The van der Waals surface area contributed by atoms with Crippen molar-refractivity contribution in [2.75, 3.05) is 5.32 Å². The molecule has 1 aromatic heterocycles. The minimum atomic E-state index is -0.965. The SMILES string of the molecule is CC(OC(=O)Nc1cc(F)sc1-c1ccc(-c2ccc(C3CC3)cc2)cc1)c1ccc(F)cc1F. The number of thiophene rings is 1. The lowest BCUT2D eigenvalue weighted by atomic mass is 10.0. The van der Waals surface area contributed by atoms with Crippen LogP contribution in [0.1, 0.15) is 42.9 Å². The van der Waals surface area contributed by atoms with E-state index in [9.17, 15) is 18.0 Å². The summed E-state index contributed by atoms with van der Waals surface area (Å²) in [5, 5.41) is 2.08. The second-order valence-corrected chi connectivity index (χ2v) is 9.61. The summed E-state index contributed by atoms with van der Waals surface area (Å²) in [6.45, 7) is 1.47. The number of carbonyl (C=O) groups excluding carboxylic acids is 1. The predicted molar refractivity (Wildman–Crippen MR) is 132 cm³/mol. The normalized spacial score (nSPS) is 13.9. The van der Waals surface area contributed by atoms with Crippen LogP contribution in [-0.2, 0) is 4.74 Å². The molecule has 0 saturated heterocycles. The summed E-state index contributed by atoms with van der Waals surface area (Å²) in [5.74, 6) is -0.826. The van der Waals surface area contributed by atoms with E-state index < -0.39 is 29.0 Å². The quantitative estimate of drug-likeness (QED) is 0.292. The van der Waals surface area contributed by atoms with Crippen molar-refractivity contribution in [1.82, 2.24) is 0 Å². The smallest absolute Gasteiger partial charge is 0.412 e. The highest BCUT2D eigenvalue weighted by Gasteiger charge is 2.23. The van der Waals surface area contributed by atoms with Crippen LogP contribution in [0, 0.1) is 16.8 Å². The second kappa shape index (κ2) is 9.58. The molecule has 3 aromatic carbocycles. The van der Waals surface area contributed by atoms with Crippen LogP contribution in [0.2, 0.25) is 0 Å². The van der Waals surface area contributed by atoms with E-state index in [0.717, 1.165) is 40.2 Å². The van der Waals surface area contributed by atoms with Gasteiger partial charge in [-0.25, -0.2) is 13.6 Å². The van der Waals surface area contributed by atoms with Gasteiger partial charge in [0.15, 0.2) is 5.13 Å². The molecule has 7 heteroatoms. The van der Waals surface area contributed by atoms with Crippen molar-refractivity contribution >= 4 is 23.1 Å². The number of hydrogen-bond acceptors (Lipinski definition) is 3. The van der Waals surface area contributed by atoms with Gasteiger partial charge in [-0.2, -0.15) is 4.39 Å². The van der Waals surface area contributed by atoms with Gasteiger partial charge in [-0.15, -0.1) is 11.3 Å². The van der Waals surface area contributed by atoms with Crippen molar-refractivity contribution in [3.8, 4) is 21.6 Å². The zero-order valence-corrected chi connectivity index (χ0v) is 19.7. The summed E-state index contributed by atoms with van der Waals surface area (Å²) in [6, 6.07) is 20.5. The summed E-state index contributed by atoms with van der Waals surface area (Å²) >= 11 is 0.904. The van der Waals surface area contributed by atoms with Gasteiger partial charge in [0.25, 0.3) is 0 Å². The average molecular weight is 494 g/mol. The molecule has 1 aliphatic rings. The summed E-state index contributed by atoms with van der Waals surface area (Å²) < 4.78 is 46.5. The van der Waals surface area contributed by atoms with Gasteiger partial charge < -0.3 is 4.74 Å². The monoisotopic (exact) mass is 493 g/mol. The molecule has 1 atom stereocenters. The van der Waals surface area contributed by atoms with Crippen LogP contribution < -0.4 is 5.32 Å². The number of carbonyl (C=O) groups is 1. The van der Waals surface area contributed by atoms with E-state index >= 15 is 0 Å². The fraction of sp³-hybridized carbons (Fsp3) is 0.179. The van der Waals surface area contributed by atoms with Gasteiger partial charge in [0.1, 0.15) is 17.7 Å². The van der Waals surface area contributed by atoms with Crippen LogP contribution in [0.5, 0.6) is 0 Å². The molecule has 1 unspecified atom stereocenters. The third kappa shape index (κ3) is 5.25. The summed E-state index contributed by atoms with van der Waals surface area (Å²) in [6.07, 6.45) is 0.690. The van der Waals surface area contributed by atoms with Crippen molar-refractivity contribution < 1.29 is 22.7 Å². The van der Waals surface area contributed by atoms with E-state index in [1.165, 1.54) is 37.5 Å². The van der Waals surface area contributed by atoms with Gasteiger partial charge in [-0.05, 0) is 60.1 Å². The fourth-order valence-corrected chi connectivity index (χ4v) is 4.89. The molecule has 1 saturated carbocycles. The third-order valence-corrected chi connectivity index (χ3v) is 7.04. The van der Waals surface area contributed by atoms with Gasteiger partial charge >= 0.3 is 6.09 Å². The van der Waals surface area contributed by atoms with Crippen LogP contribution in [0.25, 0.3) is 21.6 Å². The molecular formula is C28H22F3NO2S. The lowest BCUT2D eigenvalue weighted by Gasteiger charge is -2.15. The van der Waals surface area contributed by atoms with Crippen molar-refractivity contribution in [3.05, 3.63) is 101 Å². The number of anilines is 1. The summed E-state index contributed by atoms with van der Waals surface area (Å²) in [4.78, 5) is 13.0. The van der Waals surface area contributed by atoms with E-state index in [1.807, 2.05) is 24.3 Å². The van der Waals surface area contributed by atoms with Gasteiger partial charge in [-0.3, -0.25) is 5.32 Å². The van der Waals surface area contributed by atoms with Crippen LogP contribution in [0.3, 0.4) is 0 Å². The Kier molecular flexibility index (Phi) is 6.34.